The number of amides is 2. The van der Waals surface area contributed by atoms with Crippen LogP contribution in [-0.4, -0.2) is 62.3 Å². The summed E-state index contributed by atoms with van der Waals surface area (Å²) in [6.07, 6.45) is 4.95. The summed E-state index contributed by atoms with van der Waals surface area (Å²) in [5.74, 6) is 0.701. The Morgan fingerprint density at radius 2 is 2.31 bits per heavy atom. The Balaban J connectivity index is 1.41. The highest BCUT2D eigenvalue weighted by atomic mass is 32.2. The van der Waals surface area contributed by atoms with Gasteiger partial charge in [0.05, 0.1) is 5.92 Å². The molecule has 26 heavy (non-hydrogen) atoms. The first-order valence-electron chi connectivity index (χ1n) is 8.66. The van der Waals surface area contributed by atoms with Gasteiger partial charge in [0.2, 0.25) is 11.8 Å². The number of pyridine rings is 1. The quantitative estimate of drug-likeness (QED) is 0.525. The Bertz CT molecular complexity index is 709. The normalized spacial score (nSPS) is 17.3. The van der Waals surface area contributed by atoms with Gasteiger partial charge in [-0.2, -0.15) is 5.10 Å². The zero-order chi connectivity index (χ0) is 18.2. The number of aromatic amines is 1. The molecule has 1 aliphatic heterocycles. The fraction of sp³-hybridized carbons (Fsp3) is 0.471. The van der Waals surface area contributed by atoms with Gasteiger partial charge in [-0.1, -0.05) is 17.8 Å². The van der Waals surface area contributed by atoms with E-state index < -0.39 is 0 Å². The predicted molar refractivity (Wildman–Crippen MR) is 97.4 cm³/mol. The average Bonchev–Trinajstić information content (AvgIpc) is 3.19. The lowest BCUT2D eigenvalue weighted by atomic mass is 9.96. The van der Waals surface area contributed by atoms with Gasteiger partial charge >= 0.3 is 0 Å². The van der Waals surface area contributed by atoms with Gasteiger partial charge in [-0.05, 0) is 18.6 Å². The number of nitrogens with zero attached hydrogens (tertiary/aromatic N) is 4. The third kappa shape index (κ3) is 5.29. The molecule has 2 aromatic rings. The second-order valence-corrected chi connectivity index (χ2v) is 7.16. The molecule has 0 saturated carbocycles. The van der Waals surface area contributed by atoms with E-state index in [9.17, 15) is 9.59 Å². The summed E-state index contributed by atoms with van der Waals surface area (Å²) < 4.78 is 0. The molecule has 3 rings (SSSR count). The van der Waals surface area contributed by atoms with Crippen molar-refractivity contribution in [3.63, 3.8) is 0 Å². The minimum Gasteiger partial charge on any atom is -0.355 e. The van der Waals surface area contributed by atoms with Gasteiger partial charge in [-0.3, -0.25) is 19.7 Å². The van der Waals surface area contributed by atoms with E-state index in [4.69, 9.17) is 0 Å². The van der Waals surface area contributed by atoms with E-state index >= 15 is 0 Å². The summed E-state index contributed by atoms with van der Waals surface area (Å²) in [5, 5.41) is 10.2. The van der Waals surface area contributed by atoms with Gasteiger partial charge in [0, 0.05) is 50.1 Å². The molecular weight excluding hydrogens is 352 g/mol. The summed E-state index contributed by atoms with van der Waals surface area (Å²) in [6.45, 7) is 1.64. The van der Waals surface area contributed by atoms with Crippen molar-refractivity contribution in [2.24, 2.45) is 5.92 Å². The molecule has 2 aromatic heterocycles. The Labute approximate surface area is 156 Å². The van der Waals surface area contributed by atoms with Crippen molar-refractivity contribution < 1.29 is 9.59 Å². The fourth-order valence-electron chi connectivity index (χ4n) is 2.87. The molecule has 2 amide bonds. The van der Waals surface area contributed by atoms with E-state index in [1.165, 1.54) is 18.1 Å². The number of hydrogen-bond acceptors (Lipinski definition) is 6. The highest BCUT2D eigenvalue weighted by Gasteiger charge is 2.29. The lowest BCUT2D eigenvalue weighted by molar-refractivity contribution is -0.138. The van der Waals surface area contributed by atoms with Crippen molar-refractivity contribution >= 4 is 23.6 Å². The third-order valence-electron chi connectivity index (χ3n) is 4.27. The SMILES string of the molecule is O=C(NCCSc1ncn[nH]1)[C@H]1CCC(=O)N(CCc2ccccn2)C1. The Morgan fingerprint density at radius 1 is 1.38 bits per heavy atom. The van der Waals surface area contributed by atoms with Gasteiger partial charge in [-0.25, -0.2) is 4.98 Å². The molecular formula is C17H22N6O2S. The van der Waals surface area contributed by atoms with Crippen molar-refractivity contribution in [1.29, 1.82) is 0 Å². The second kappa shape index (κ2) is 9.33. The highest BCUT2D eigenvalue weighted by Crippen LogP contribution is 2.18. The van der Waals surface area contributed by atoms with Crippen LogP contribution >= 0.6 is 11.8 Å². The average molecular weight is 374 g/mol. The number of carbonyl (C=O) groups is 2. The van der Waals surface area contributed by atoms with Crippen molar-refractivity contribution in [3.8, 4) is 0 Å². The van der Waals surface area contributed by atoms with Crippen LogP contribution in [-0.2, 0) is 16.0 Å². The maximum absolute atomic E-state index is 12.4. The van der Waals surface area contributed by atoms with Crippen LogP contribution in [0.3, 0.4) is 0 Å². The Hall–Kier alpha value is -2.42. The first-order chi connectivity index (χ1) is 12.7. The van der Waals surface area contributed by atoms with Gasteiger partial charge in [0.15, 0.2) is 5.16 Å². The second-order valence-electron chi connectivity index (χ2n) is 6.08. The van der Waals surface area contributed by atoms with Gasteiger partial charge in [-0.15, -0.1) is 0 Å². The van der Waals surface area contributed by atoms with E-state index in [0.717, 1.165) is 16.6 Å². The molecule has 0 bridgehead atoms. The lowest BCUT2D eigenvalue weighted by Gasteiger charge is -2.32. The molecule has 0 radical (unpaired) electrons. The van der Waals surface area contributed by atoms with E-state index in [2.05, 4.69) is 25.5 Å². The first kappa shape index (κ1) is 18.4. The van der Waals surface area contributed by atoms with Crippen LogP contribution in [0.25, 0.3) is 0 Å². The van der Waals surface area contributed by atoms with Crippen LogP contribution in [0.4, 0.5) is 0 Å². The molecule has 138 valence electrons. The van der Waals surface area contributed by atoms with Crippen LogP contribution in [0.15, 0.2) is 35.9 Å². The van der Waals surface area contributed by atoms with Crippen molar-refractivity contribution in [3.05, 3.63) is 36.4 Å². The maximum Gasteiger partial charge on any atom is 0.224 e. The van der Waals surface area contributed by atoms with Gasteiger partial charge in [0.25, 0.3) is 0 Å². The molecule has 0 aliphatic carbocycles. The molecule has 0 spiro atoms. The maximum atomic E-state index is 12.4. The van der Waals surface area contributed by atoms with E-state index in [0.29, 0.717) is 38.9 Å². The van der Waals surface area contributed by atoms with Crippen LogP contribution in [0.2, 0.25) is 0 Å². The Kier molecular flexibility index (Phi) is 6.59. The summed E-state index contributed by atoms with van der Waals surface area (Å²) in [6, 6.07) is 5.76. The summed E-state index contributed by atoms with van der Waals surface area (Å²) in [4.78, 5) is 34.6. The molecule has 1 atom stereocenters. The lowest BCUT2D eigenvalue weighted by Crippen LogP contribution is -2.46. The summed E-state index contributed by atoms with van der Waals surface area (Å²) in [5.41, 5.74) is 0.955. The summed E-state index contributed by atoms with van der Waals surface area (Å²) in [7, 11) is 0. The topological polar surface area (TPSA) is 104 Å². The number of aromatic nitrogens is 4. The summed E-state index contributed by atoms with van der Waals surface area (Å²) >= 11 is 1.51. The Morgan fingerprint density at radius 3 is 3.08 bits per heavy atom. The minimum absolute atomic E-state index is 0.0125. The standard InChI is InChI=1S/C17H22N6O2S/c24-15-5-4-13(11-23(15)9-6-14-3-1-2-7-18-14)16(25)19-8-10-26-17-20-12-21-22-17/h1-3,7,12-13H,4-6,8-11H2,(H,19,25)(H,20,21,22)/t13-/m0/s1. The zero-order valence-electron chi connectivity index (χ0n) is 14.4. The van der Waals surface area contributed by atoms with Crippen LogP contribution in [0, 0.1) is 5.92 Å². The number of H-pyrrole nitrogens is 1. The molecule has 0 unspecified atom stereocenters. The number of piperidine rings is 1. The molecule has 0 aromatic carbocycles. The molecule has 3 heterocycles. The van der Waals surface area contributed by atoms with E-state index in [-0.39, 0.29) is 17.7 Å². The van der Waals surface area contributed by atoms with Crippen molar-refractivity contribution in [2.75, 3.05) is 25.4 Å². The number of carbonyl (C=O) groups excluding carboxylic acids is 2. The van der Waals surface area contributed by atoms with Gasteiger partial charge in [0.1, 0.15) is 6.33 Å². The monoisotopic (exact) mass is 374 g/mol. The van der Waals surface area contributed by atoms with E-state index in [1.54, 1.807) is 11.1 Å². The fourth-order valence-corrected chi connectivity index (χ4v) is 3.51. The number of hydrogen-bond donors (Lipinski definition) is 2. The molecule has 2 N–H and O–H groups in total. The van der Waals surface area contributed by atoms with Crippen LogP contribution < -0.4 is 5.32 Å². The first-order valence-corrected chi connectivity index (χ1v) is 9.64. The van der Waals surface area contributed by atoms with Crippen LogP contribution in [0.1, 0.15) is 18.5 Å². The predicted octanol–water partition coefficient (Wildman–Crippen LogP) is 0.889. The van der Waals surface area contributed by atoms with E-state index in [1.807, 2.05) is 18.2 Å². The van der Waals surface area contributed by atoms with Crippen molar-refractivity contribution in [2.45, 2.75) is 24.4 Å². The molecule has 1 fully saturated rings. The number of likely N-dealkylation sites (tertiary alicyclic amines) is 1. The smallest absolute Gasteiger partial charge is 0.224 e. The molecule has 1 aliphatic rings. The van der Waals surface area contributed by atoms with Crippen LogP contribution in [0.5, 0.6) is 0 Å². The molecule has 8 nitrogen and oxygen atoms in total. The highest BCUT2D eigenvalue weighted by molar-refractivity contribution is 7.99. The third-order valence-corrected chi connectivity index (χ3v) is 5.15. The molecule has 9 heteroatoms. The van der Waals surface area contributed by atoms with Gasteiger partial charge < -0.3 is 10.2 Å². The zero-order valence-corrected chi connectivity index (χ0v) is 15.2. The minimum atomic E-state index is -0.147. The van der Waals surface area contributed by atoms with Crippen molar-refractivity contribution in [1.82, 2.24) is 30.4 Å². The number of thioether (sulfide) groups is 1. The largest absolute Gasteiger partial charge is 0.355 e. The number of nitrogens with one attached hydrogen (secondary N) is 2. The number of rotatable bonds is 8. The molecule has 1 saturated heterocycles.